The number of fused-ring (bicyclic) bond motifs is 7. The van der Waals surface area contributed by atoms with Gasteiger partial charge in [0.25, 0.3) is 0 Å². The quantitative estimate of drug-likeness (QED) is 0.193. The van der Waals surface area contributed by atoms with Gasteiger partial charge < -0.3 is 4.74 Å². The molecule has 0 unspecified atom stereocenters. The second-order valence-electron chi connectivity index (χ2n) is 13.7. The van der Waals surface area contributed by atoms with Crippen LogP contribution in [0.3, 0.4) is 0 Å². The number of ether oxygens (including phenoxy) is 1. The van der Waals surface area contributed by atoms with E-state index in [1.165, 1.54) is 77.2 Å². The fourth-order valence-corrected chi connectivity index (χ4v) is 8.34. The SMILES string of the molecule is CC1(C)c2ccccc2-c2c1cc(-c1cccc(-c3ccc4c5c(cccc35)-c3ccc(-c5ccccc5)cc3O4)c1)c1ccccc21. The molecule has 0 fully saturated rings. The fraction of sp³-hybridized carbons (Fsp3) is 0.0638. The van der Waals surface area contributed by atoms with Crippen LogP contribution in [0.15, 0.2) is 158 Å². The summed E-state index contributed by atoms with van der Waals surface area (Å²) >= 11 is 0. The van der Waals surface area contributed by atoms with E-state index in [1.807, 2.05) is 0 Å². The number of benzene rings is 8. The lowest BCUT2D eigenvalue weighted by atomic mass is 9.80. The molecule has 0 amide bonds. The van der Waals surface area contributed by atoms with Crippen molar-refractivity contribution in [2.45, 2.75) is 19.3 Å². The Bertz CT molecular complexity index is 2610. The van der Waals surface area contributed by atoms with E-state index in [0.29, 0.717) is 0 Å². The Hall–Kier alpha value is -5.92. The van der Waals surface area contributed by atoms with Crippen molar-refractivity contribution in [1.29, 1.82) is 0 Å². The maximum atomic E-state index is 6.63. The molecule has 1 aliphatic carbocycles. The van der Waals surface area contributed by atoms with Gasteiger partial charge >= 0.3 is 0 Å². The second kappa shape index (κ2) is 10.0. The Kier molecular flexibility index (Phi) is 5.69. The molecule has 1 nitrogen and oxygen atoms in total. The topological polar surface area (TPSA) is 9.23 Å². The lowest BCUT2D eigenvalue weighted by Crippen LogP contribution is -2.15. The molecule has 2 aliphatic rings. The molecule has 48 heavy (non-hydrogen) atoms. The molecule has 0 saturated heterocycles. The average Bonchev–Trinajstić information content (AvgIpc) is 3.37. The van der Waals surface area contributed by atoms with Crippen molar-refractivity contribution in [2.75, 3.05) is 0 Å². The lowest BCUT2D eigenvalue weighted by molar-refractivity contribution is 0.487. The minimum Gasteiger partial charge on any atom is -0.456 e. The molecule has 1 heteroatoms. The first-order valence-electron chi connectivity index (χ1n) is 16.8. The van der Waals surface area contributed by atoms with Crippen LogP contribution in [0, 0.1) is 0 Å². The first-order chi connectivity index (χ1) is 23.6. The van der Waals surface area contributed by atoms with Crippen molar-refractivity contribution in [1.82, 2.24) is 0 Å². The van der Waals surface area contributed by atoms with Gasteiger partial charge in [0.1, 0.15) is 11.5 Å². The zero-order valence-electron chi connectivity index (χ0n) is 26.9. The maximum Gasteiger partial charge on any atom is 0.135 e. The Balaban J connectivity index is 1.12. The third-order valence-corrected chi connectivity index (χ3v) is 10.7. The van der Waals surface area contributed by atoms with Crippen LogP contribution in [0.25, 0.3) is 77.2 Å². The number of hydrogen-bond donors (Lipinski definition) is 0. The summed E-state index contributed by atoms with van der Waals surface area (Å²) in [5, 5.41) is 4.98. The third-order valence-electron chi connectivity index (χ3n) is 10.7. The van der Waals surface area contributed by atoms with Crippen molar-refractivity contribution in [3.05, 3.63) is 169 Å². The van der Waals surface area contributed by atoms with Crippen LogP contribution in [-0.4, -0.2) is 0 Å². The largest absolute Gasteiger partial charge is 0.456 e. The van der Waals surface area contributed by atoms with Crippen LogP contribution in [0.5, 0.6) is 11.5 Å². The molecule has 1 aliphatic heterocycles. The second-order valence-corrected chi connectivity index (χ2v) is 13.7. The zero-order valence-corrected chi connectivity index (χ0v) is 26.9. The number of rotatable bonds is 3. The standard InChI is InChI=1S/C47H32O/c1-47(2)41-21-9-8-18-39(41)45-37-17-7-6-16-34(37)40(28-42(45)47)32-15-10-14-31(26-32)33-24-25-43-46-36(33)19-11-20-38(46)35-23-22-30(27-44(35)48-43)29-12-4-3-5-13-29/h3-28H,1-2H3. The van der Waals surface area contributed by atoms with Crippen molar-refractivity contribution in [2.24, 2.45) is 0 Å². The van der Waals surface area contributed by atoms with Gasteiger partial charge in [-0.1, -0.05) is 141 Å². The van der Waals surface area contributed by atoms with Crippen LogP contribution >= 0.6 is 0 Å². The van der Waals surface area contributed by atoms with Gasteiger partial charge in [-0.3, -0.25) is 0 Å². The van der Waals surface area contributed by atoms with E-state index in [2.05, 4.69) is 172 Å². The Morgan fingerprint density at radius 1 is 0.375 bits per heavy atom. The normalized spacial score (nSPS) is 13.5. The molecule has 1 heterocycles. The smallest absolute Gasteiger partial charge is 0.135 e. The highest BCUT2D eigenvalue weighted by Crippen LogP contribution is 2.54. The molecule has 0 atom stereocenters. The molecule has 8 aromatic carbocycles. The molecule has 0 N–H and O–H groups in total. The Morgan fingerprint density at radius 3 is 1.92 bits per heavy atom. The minimum absolute atomic E-state index is 0.0728. The summed E-state index contributed by atoms with van der Waals surface area (Å²) in [6.45, 7) is 4.73. The molecule has 226 valence electrons. The first kappa shape index (κ1) is 27.2. The molecule has 0 spiro atoms. The summed E-state index contributed by atoms with van der Waals surface area (Å²) in [6, 6.07) is 57.5. The first-order valence-corrected chi connectivity index (χ1v) is 16.8. The van der Waals surface area contributed by atoms with Gasteiger partial charge in [0.15, 0.2) is 0 Å². The monoisotopic (exact) mass is 612 g/mol. The molecule has 0 aromatic heterocycles. The summed E-state index contributed by atoms with van der Waals surface area (Å²) in [4.78, 5) is 0. The third kappa shape index (κ3) is 3.85. The molecule has 0 saturated carbocycles. The van der Waals surface area contributed by atoms with Crippen LogP contribution in [0.2, 0.25) is 0 Å². The van der Waals surface area contributed by atoms with E-state index in [4.69, 9.17) is 4.74 Å². The molecule has 10 rings (SSSR count). The summed E-state index contributed by atoms with van der Waals surface area (Å²) in [5.41, 5.74) is 15.1. The van der Waals surface area contributed by atoms with Gasteiger partial charge in [0, 0.05) is 16.4 Å². The van der Waals surface area contributed by atoms with Crippen molar-refractivity contribution in [3.63, 3.8) is 0 Å². The maximum absolute atomic E-state index is 6.63. The highest BCUT2D eigenvalue weighted by Gasteiger charge is 2.37. The van der Waals surface area contributed by atoms with Gasteiger partial charge in [0.05, 0.1) is 0 Å². The van der Waals surface area contributed by atoms with Gasteiger partial charge in [-0.2, -0.15) is 0 Å². The van der Waals surface area contributed by atoms with Crippen LogP contribution in [0.1, 0.15) is 25.0 Å². The van der Waals surface area contributed by atoms with E-state index < -0.39 is 0 Å². The summed E-state index contributed by atoms with van der Waals surface area (Å²) < 4.78 is 6.63. The zero-order chi connectivity index (χ0) is 32.0. The molecule has 0 bridgehead atoms. The van der Waals surface area contributed by atoms with Gasteiger partial charge in [0.2, 0.25) is 0 Å². The summed E-state index contributed by atoms with van der Waals surface area (Å²) in [7, 11) is 0. The molecular weight excluding hydrogens is 581 g/mol. The van der Waals surface area contributed by atoms with Crippen molar-refractivity contribution >= 4 is 21.5 Å². The van der Waals surface area contributed by atoms with Crippen LogP contribution < -0.4 is 4.74 Å². The van der Waals surface area contributed by atoms with Crippen LogP contribution in [0.4, 0.5) is 0 Å². The average molecular weight is 613 g/mol. The highest BCUT2D eigenvalue weighted by atomic mass is 16.5. The lowest BCUT2D eigenvalue weighted by Gasteiger charge is -2.24. The summed E-state index contributed by atoms with van der Waals surface area (Å²) in [5.74, 6) is 1.81. The molecule has 0 radical (unpaired) electrons. The highest BCUT2D eigenvalue weighted by molar-refractivity contribution is 6.11. The number of hydrogen-bond acceptors (Lipinski definition) is 1. The van der Waals surface area contributed by atoms with E-state index in [9.17, 15) is 0 Å². The van der Waals surface area contributed by atoms with Gasteiger partial charge in [-0.15, -0.1) is 0 Å². The molecule has 8 aromatic rings. The van der Waals surface area contributed by atoms with E-state index in [1.54, 1.807) is 0 Å². The minimum atomic E-state index is -0.0728. The fourth-order valence-electron chi connectivity index (χ4n) is 8.34. The van der Waals surface area contributed by atoms with Gasteiger partial charge in [-0.25, -0.2) is 0 Å². The predicted molar refractivity (Wildman–Crippen MR) is 201 cm³/mol. The van der Waals surface area contributed by atoms with Crippen LogP contribution in [-0.2, 0) is 5.41 Å². The van der Waals surface area contributed by atoms with Gasteiger partial charge in [-0.05, 0) is 108 Å². The van der Waals surface area contributed by atoms with Crippen molar-refractivity contribution in [3.8, 4) is 67.1 Å². The van der Waals surface area contributed by atoms with E-state index in [0.717, 1.165) is 22.6 Å². The van der Waals surface area contributed by atoms with Crippen molar-refractivity contribution < 1.29 is 4.74 Å². The van der Waals surface area contributed by atoms with E-state index >= 15 is 0 Å². The predicted octanol–water partition coefficient (Wildman–Crippen LogP) is 13.1. The summed E-state index contributed by atoms with van der Waals surface area (Å²) in [6.07, 6.45) is 0. The Labute approximate surface area is 280 Å². The Morgan fingerprint density at radius 2 is 1.04 bits per heavy atom. The van der Waals surface area contributed by atoms with E-state index in [-0.39, 0.29) is 5.41 Å². The molecular formula is C47H32O.